The Morgan fingerprint density at radius 1 is 0.662 bits per heavy atom. The SMILES string of the molecule is COC1CCC(n2c([C@@H]3CCC(=O)N3)nc3cc(-c4c(C)noc4C)ccc32)CC1.COC1CCC(n2c([C@@H]3CCC(=O)N3c3ccc(Cl)c(F)c3)nc3cc(-c4c(C)noc4C)ccc32)CC1. The van der Waals surface area contributed by atoms with Gasteiger partial charge in [0.25, 0.3) is 0 Å². The molecule has 2 aliphatic carbocycles. The van der Waals surface area contributed by atoms with Crippen molar-refractivity contribution >= 4 is 51.2 Å². The number of fused-ring (bicyclic) bond motifs is 2. The Bertz CT molecular complexity index is 2970. The van der Waals surface area contributed by atoms with Gasteiger partial charge >= 0.3 is 0 Å². The number of aromatic nitrogens is 6. The van der Waals surface area contributed by atoms with Crippen LogP contribution in [0.3, 0.4) is 0 Å². The number of rotatable bonds is 9. The van der Waals surface area contributed by atoms with Gasteiger partial charge in [0, 0.05) is 56.0 Å². The van der Waals surface area contributed by atoms with Crippen LogP contribution in [0.2, 0.25) is 5.02 Å². The molecule has 2 saturated heterocycles. The van der Waals surface area contributed by atoms with Crippen LogP contribution in [0.15, 0.2) is 63.6 Å². The fraction of sp³-hybridized carbons (Fsp3) is 0.462. The molecular weight excluding hydrogens is 887 g/mol. The quantitative estimate of drug-likeness (QED) is 0.148. The van der Waals surface area contributed by atoms with E-state index < -0.39 is 5.82 Å². The van der Waals surface area contributed by atoms with Gasteiger partial charge in [0.1, 0.15) is 29.0 Å². The highest BCUT2D eigenvalue weighted by Gasteiger charge is 2.39. The number of nitrogens with zero attached hydrogens (tertiary/aromatic N) is 7. The van der Waals surface area contributed by atoms with Gasteiger partial charge in [0.05, 0.1) is 62.8 Å². The molecule has 16 heteroatoms. The monoisotopic (exact) mass is 944 g/mol. The van der Waals surface area contributed by atoms with Crippen LogP contribution in [0.1, 0.15) is 136 Å². The summed E-state index contributed by atoms with van der Waals surface area (Å²) in [5.41, 5.74) is 10.2. The van der Waals surface area contributed by atoms with Crippen LogP contribution >= 0.6 is 11.6 Å². The summed E-state index contributed by atoms with van der Waals surface area (Å²) in [4.78, 5) is 36.9. The smallest absolute Gasteiger partial charge is 0.227 e. The molecular formula is C52H58ClFN8O6. The van der Waals surface area contributed by atoms with Crippen LogP contribution in [0.5, 0.6) is 0 Å². The lowest BCUT2D eigenvalue weighted by molar-refractivity contribution is -0.119. The standard InChI is InChI=1S/C29H30ClFN4O3.C23H28N4O3/c1-16-28(17(2)38-33-16)18-4-11-25-24(14-18)32-29(35(25)19-5-8-21(37-3)9-6-19)26-12-13-27(36)34(26)20-7-10-22(30)23(31)15-20;1-13-22(14(2)30-26-13)15-4-10-20-19(12-15)25-23(18-9-11-21(28)24-18)27(20)16-5-7-17(29-3)8-6-16/h4,7,10-11,14-15,19,21,26H,5-6,8-9,12-13H2,1-3H3;4,10,12,16-18H,5-9,11H2,1-3H3,(H,24,28)/t19?,21?,26-;16?,17?,18-/m00/s1. The van der Waals surface area contributed by atoms with Crippen LogP contribution in [0, 0.1) is 33.5 Å². The number of amides is 2. The first-order chi connectivity index (χ1) is 32.9. The van der Waals surface area contributed by atoms with Crippen molar-refractivity contribution in [3.05, 3.63) is 100.0 Å². The topological polar surface area (TPSA) is 156 Å². The molecule has 4 fully saturated rings. The molecule has 3 aromatic carbocycles. The number of ether oxygens (including phenoxy) is 2. The van der Waals surface area contributed by atoms with E-state index in [9.17, 15) is 14.0 Å². The first-order valence-electron chi connectivity index (χ1n) is 23.9. The number of benzene rings is 3. The number of halogens is 2. The maximum Gasteiger partial charge on any atom is 0.227 e. The third-order valence-electron chi connectivity index (χ3n) is 14.8. The number of nitrogens with one attached hydrogen (secondary N) is 1. The molecule has 2 aliphatic heterocycles. The number of aryl methyl sites for hydroxylation is 4. The predicted molar refractivity (Wildman–Crippen MR) is 257 cm³/mol. The molecule has 1 N–H and O–H groups in total. The zero-order valence-electron chi connectivity index (χ0n) is 39.5. The number of methoxy groups -OCH3 is 2. The van der Waals surface area contributed by atoms with Gasteiger partial charge < -0.3 is 37.9 Å². The first kappa shape index (κ1) is 45.9. The van der Waals surface area contributed by atoms with Crippen molar-refractivity contribution in [3.63, 3.8) is 0 Å². The lowest BCUT2D eigenvalue weighted by Crippen LogP contribution is -2.31. The average molecular weight is 946 g/mol. The van der Waals surface area contributed by atoms with E-state index in [1.54, 1.807) is 25.2 Å². The summed E-state index contributed by atoms with van der Waals surface area (Å²) >= 11 is 5.94. The van der Waals surface area contributed by atoms with E-state index in [1.165, 1.54) is 12.1 Å². The van der Waals surface area contributed by atoms with Crippen molar-refractivity contribution in [2.24, 2.45) is 0 Å². The maximum absolute atomic E-state index is 14.4. The van der Waals surface area contributed by atoms with E-state index in [0.29, 0.717) is 37.1 Å². The van der Waals surface area contributed by atoms with Crippen LogP contribution in [0.25, 0.3) is 44.3 Å². The molecule has 11 rings (SSSR count). The Labute approximate surface area is 399 Å². The molecule has 0 unspecified atom stereocenters. The van der Waals surface area contributed by atoms with Crippen molar-refractivity contribution in [2.75, 3.05) is 19.1 Å². The Hall–Kier alpha value is -5.90. The van der Waals surface area contributed by atoms with E-state index in [4.69, 9.17) is 40.1 Å². The number of hydrogen-bond donors (Lipinski definition) is 1. The van der Waals surface area contributed by atoms with Gasteiger partial charge in [-0.1, -0.05) is 34.0 Å². The molecule has 0 radical (unpaired) electrons. The Morgan fingerprint density at radius 3 is 1.66 bits per heavy atom. The van der Waals surface area contributed by atoms with Crippen molar-refractivity contribution in [2.45, 2.75) is 141 Å². The predicted octanol–water partition coefficient (Wildman–Crippen LogP) is 11.5. The van der Waals surface area contributed by atoms with E-state index >= 15 is 0 Å². The summed E-state index contributed by atoms with van der Waals surface area (Å²) < 4.78 is 41.1. The van der Waals surface area contributed by atoms with Gasteiger partial charge in [-0.15, -0.1) is 0 Å². The van der Waals surface area contributed by atoms with E-state index in [-0.39, 0.29) is 41.1 Å². The van der Waals surface area contributed by atoms with Gasteiger partial charge in [-0.2, -0.15) is 0 Å². The minimum Gasteiger partial charge on any atom is -0.381 e. The maximum atomic E-state index is 14.4. The van der Waals surface area contributed by atoms with Crippen molar-refractivity contribution in [1.82, 2.24) is 34.7 Å². The molecule has 7 aromatic rings. The van der Waals surface area contributed by atoms with Crippen LogP contribution < -0.4 is 10.2 Å². The van der Waals surface area contributed by atoms with Crippen molar-refractivity contribution in [3.8, 4) is 22.3 Å². The van der Waals surface area contributed by atoms with Crippen molar-refractivity contribution in [1.29, 1.82) is 0 Å². The highest BCUT2D eigenvalue weighted by atomic mass is 35.5. The number of carbonyl (C=O) groups excluding carboxylic acids is 2. The highest BCUT2D eigenvalue weighted by molar-refractivity contribution is 6.30. The van der Waals surface area contributed by atoms with E-state index in [2.05, 4.69) is 61.2 Å². The lowest BCUT2D eigenvalue weighted by Gasteiger charge is -2.32. The summed E-state index contributed by atoms with van der Waals surface area (Å²) in [6.07, 6.45) is 11.0. The zero-order chi connectivity index (χ0) is 47.4. The Balaban J connectivity index is 0.000000163. The zero-order valence-corrected chi connectivity index (χ0v) is 40.2. The van der Waals surface area contributed by atoms with Crippen molar-refractivity contribution < 1.29 is 32.5 Å². The summed E-state index contributed by atoms with van der Waals surface area (Å²) in [7, 11) is 3.57. The first-order valence-corrected chi connectivity index (χ1v) is 24.3. The van der Waals surface area contributed by atoms with Gasteiger partial charge in [0.15, 0.2) is 0 Å². The third kappa shape index (κ3) is 8.51. The molecule has 356 valence electrons. The third-order valence-corrected chi connectivity index (χ3v) is 15.1. The minimum atomic E-state index is -0.543. The van der Waals surface area contributed by atoms with Gasteiger partial charge in [-0.05, 0) is 145 Å². The number of carbonyl (C=O) groups is 2. The molecule has 2 atom stereocenters. The molecule has 6 heterocycles. The summed E-state index contributed by atoms with van der Waals surface area (Å²) in [5.74, 6) is 2.90. The van der Waals surface area contributed by atoms with E-state index in [0.717, 1.165) is 137 Å². The fourth-order valence-corrected chi connectivity index (χ4v) is 11.5. The fourth-order valence-electron chi connectivity index (χ4n) is 11.4. The second-order valence-electron chi connectivity index (χ2n) is 18.9. The lowest BCUT2D eigenvalue weighted by atomic mass is 9.92. The second kappa shape index (κ2) is 18.9. The molecule has 0 spiro atoms. The normalized spacial score (nSPS) is 23.1. The summed E-state index contributed by atoms with van der Waals surface area (Å²) in [5, 5.41) is 11.4. The largest absolute Gasteiger partial charge is 0.381 e. The van der Waals surface area contributed by atoms with Crippen LogP contribution in [-0.4, -0.2) is 67.7 Å². The number of imidazole rings is 2. The van der Waals surface area contributed by atoms with Gasteiger partial charge in [-0.25, -0.2) is 14.4 Å². The Kier molecular flexibility index (Phi) is 12.7. The van der Waals surface area contributed by atoms with Gasteiger partial charge in [0.2, 0.25) is 11.8 Å². The number of hydrogen-bond acceptors (Lipinski definition) is 10. The van der Waals surface area contributed by atoms with Crippen LogP contribution in [-0.2, 0) is 19.1 Å². The van der Waals surface area contributed by atoms with Crippen LogP contribution in [0.4, 0.5) is 10.1 Å². The molecule has 0 bridgehead atoms. The summed E-state index contributed by atoms with van der Waals surface area (Å²) in [6.45, 7) is 7.74. The number of anilines is 1. The molecule has 14 nitrogen and oxygen atoms in total. The van der Waals surface area contributed by atoms with Gasteiger partial charge in [-0.3, -0.25) is 9.59 Å². The Morgan fingerprint density at radius 2 is 1.19 bits per heavy atom. The molecule has 68 heavy (non-hydrogen) atoms. The molecule has 4 aliphatic rings. The molecule has 2 saturated carbocycles. The van der Waals surface area contributed by atoms with E-state index in [1.807, 2.05) is 27.7 Å². The summed E-state index contributed by atoms with van der Waals surface area (Å²) in [6, 6.07) is 17.5. The second-order valence-corrected chi connectivity index (χ2v) is 19.3. The molecule has 2 amide bonds. The minimum absolute atomic E-state index is 0.0208. The highest BCUT2D eigenvalue weighted by Crippen LogP contribution is 2.44. The molecule has 4 aromatic heterocycles. The average Bonchev–Trinajstić information content (AvgIpc) is 4.22.